The first-order valence-electron chi connectivity index (χ1n) is 12.9. The number of benzene rings is 2. The van der Waals surface area contributed by atoms with Gasteiger partial charge in [0.1, 0.15) is 18.1 Å². The van der Waals surface area contributed by atoms with Crippen LogP contribution in [0.15, 0.2) is 72.2 Å². The molecule has 1 fully saturated rings. The van der Waals surface area contributed by atoms with Gasteiger partial charge in [0.15, 0.2) is 0 Å². The van der Waals surface area contributed by atoms with Gasteiger partial charge in [0.05, 0.1) is 29.1 Å². The average molecular weight is 514 g/mol. The zero-order valence-corrected chi connectivity index (χ0v) is 21.8. The molecule has 0 spiro atoms. The number of carbonyl (C=O) groups excluding carboxylic acids is 1. The number of nitrogens with one attached hydrogen (secondary N) is 1. The Labute approximate surface area is 220 Å². The van der Waals surface area contributed by atoms with Crippen molar-refractivity contribution < 1.29 is 14.3 Å². The normalized spacial score (nSPS) is 14.4. The third-order valence-corrected chi connectivity index (χ3v) is 8.13. The summed E-state index contributed by atoms with van der Waals surface area (Å²) in [5.74, 6) is 2.29. The summed E-state index contributed by atoms with van der Waals surface area (Å²) in [6, 6.07) is 20.0. The van der Waals surface area contributed by atoms with Crippen molar-refractivity contribution in [1.29, 1.82) is 0 Å². The molecule has 2 aromatic carbocycles. The summed E-state index contributed by atoms with van der Waals surface area (Å²) in [5.41, 5.74) is 3.55. The fourth-order valence-electron chi connectivity index (χ4n) is 5.20. The van der Waals surface area contributed by atoms with Crippen LogP contribution >= 0.6 is 11.3 Å². The van der Waals surface area contributed by atoms with Gasteiger partial charge in [-0.15, -0.1) is 11.3 Å². The molecule has 0 unspecified atom stereocenters. The van der Waals surface area contributed by atoms with Gasteiger partial charge < -0.3 is 23.9 Å². The van der Waals surface area contributed by atoms with Crippen LogP contribution in [0.4, 0.5) is 0 Å². The summed E-state index contributed by atoms with van der Waals surface area (Å²) >= 11 is 1.66. The fourth-order valence-corrected chi connectivity index (χ4v) is 6.05. The lowest BCUT2D eigenvalue weighted by Gasteiger charge is -2.22. The van der Waals surface area contributed by atoms with E-state index in [9.17, 15) is 4.79 Å². The van der Waals surface area contributed by atoms with Gasteiger partial charge in [-0.05, 0) is 67.6 Å². The van der Waals surface area contributed by atoms with E-state index in [-0.39, 0.29) is 5.78 Å². The number of nitrogens with zero attached hydrogens (tertiary/aromatic N) is 2. The summed E-state index contributed by atoms with van der Waals surface area (Å²) < 4.78 is 17.4. The number of ether oxygens (including phenoxy) is 2. The number of hydrogen-bond donors (Lipinski definition) is 1. The molecule has 0 aliphatic carbocycles. The molecule has 0 radical (unpaired) electrons. The monoisotopic (exact) mass is 513 g/mol. The third kappa shape index (κ3) is 4.89. The number of rotatable bonds is 9. The van der Waals surface area contributed by atoms with E-state index in [1.807, 2.05) is 66.3 Å². The van der Waals surface area contributed by atoms with E-state index in [1.165, 1.54) is 0 Å². The zero-order chi connectivity index (χ0) is 25.2. The Morgan fingerprint density at radius 2 is 1.81 bits per heavy atom. The minimum Gasteiger partial charge on any atom is -0.493 e. The molecule has 0 bridgehead atoms. The maximum absolute atomic E-state index is 13.6. The summed E-state index contributed by atoms with van der Waals surface area (Å²) in [7, 11) is 1.96. The molecule has 0 saturated carbocycles. The Morgan fingerprint density at radius 3 is 2.65 bits per heavy atom. The van der Waals surface area contributed by atoms with Gasteiger partial charge >= 0.3 is 0 Å². The van der Waals surface area contributed by atoms with Gasteiger partial charge in [0, 0.05) is 35.8 Å². The highest BCUT2D eigenvalue weighted by Gasteiger charge is 2.21. The molecular formula is C30H31N3O3S. The van der Waals surface area contributed by atoms with E-state index in [4.69, 9.17) is 9.47 Å². The van der Waals surface area contributed by atoms with Crippen molar-refractivity contribution in [2.75, 3.05) is 26.3 Å². The molecule has 6 nitrogen and oxygen atoms in total. The van der Waals surface area contributed by atoms with Crippen molar-refractivity contribution in [3.63, 3.8) is 0 Å². The topological polar surface area (TPSA) is 57.4 Å². The predicted molar refractivity (Wildman–Crippen MR) is 149 cm³/mol. The molecule has 1 N–H and O–H groups in total. The highest BCUT2D eigenvalue weighted by atomic mass is 32.1. The first kappa shape index (κ1) is 23.8. The number of aromatic nitrogens is 2. The maximum atomic E-state index is 13.6. The molecule has 4 heterocycles. The van der Waals surface area contributed by atoms with Gasteiger partial charge in [-0.1, -0.05) is 24.3 Å². The lowest BCUT2D eigenvalue weighted by molar-refractivity contribution is 0.103. The number of piperidine rings is 1. The summed E-state index contributed by atoms with van der Waals surface area (Å²) in [6.45, 7) is 4.01. The van der Waals surface area contributed by atoms with Crippen molar-refractivity contribution in [3.05, 3.63) is 83.5 Å². The van der Waals surface area contributed by atoms with Gasteiger partial charge in [0.2, 0.25) is 5.78 Å². The highest BCUT2D eigenvalue weighted by molar-refractivity contribution is 7.17. The number of para-hydroxylation sites is 1. The van der Waals surface area contributed by atoms with Crippen LogP contribution in [0.3, 0.4) is 0 Å². The summed E-state index contributed by atoms with van der Waals surface area (Å²) in [5, 5.41) is 6.42. The van der Waals surface area contributed by atoms with Gasteiger partial charge in [-0.3, -0.25) is 4.79 Å². The lowest BCUT2D eigenvalue weighted by Crippen LogP contribution is -2.30. The minimum atomic E-state index is 0.0420. The van der Waals surface area contributed by atoms with Crippen LogP contribution in [0.5, 0.6) is 11.5 Å². The Hall–Kier alpha value is -3.55. The molecule has 7 heteroatoms. The van der Waals surface area contributed by atoms with E-state index in [0.717, 1.165) is 70.7 Å². The molecule has 3 aromatic heterocycles. The minimum absolute atomic E-state index is 0.0420. The van der Waals surface area contributed by atoms with Crippen molar-refractivity contribution in [1.82, 2.24) is 14.5 Å². The second kappa shape index (κ2) is 10.4. The first-order valence-corrected chi connectivity index (χ1v) is 13.8. The molecule has 37 heavy (non-hydrogen) atoms. The van der Waals surface area contributed by atoms with Crippen molar-refractivity contribution >= 4 is 38.2 Å². The van der Waals surface area contributed by atoms with Crippen LogP contribution in [0.1, 0.15) is 28.9 Å². The highest BCUT2D eigenvalue weighted by Crippen LogP contribution is 2.29. The third-order valence-electron chi connectivity index (χ3n) is 7.28. The molecule has 1 saturated heterocycles. The van der Waals surface area contributed by atoms with Crippen molar-refractivity contribution in [2.24, 2.45) is 13.0 Å². The van der Waals surface area contributed by atoms with E-state index in [2.05, 4.69) is 27.4 Å². The van der Waals surface area contributed by atoms with E-state index in [0.29, 0.717) is 24.8 Å². The second-order valence-electron chi connectivity index (χ2n) is 9.67. The molecule has 6 rings (SSSR count). The van der Waals surface area contributed by atoms with Gasteiger partial charge in [-0.25, -0.2) is 0 Å². The standard InChI is InChI=1S/C30H31N3O3S/c1-32-27-11-16-37-29(27)18-28(32)30(34)25-19-33(26-8-3-2-7-24(25)26)14-15-35-22-5-4-6-23(17-22)36-20-21-9-12-31-13-10-21/h2-8,11,16-19,21,31H,9-10,12-15,20H2,1H3. The lowest BCUT2D eigenvalue weighted by atomic mass is 9.99. The van der Waals surface area contributed by atoms with Crippen LogP contribution in [0.2, 0.25) is 0 Å². The number of hydrogen-bond acceptors (Lipinski definition) is 5. The molecule has 1 aliphatic rings. The van der Waals surface area contributed by atoms with E-state index < -0.39 is 0 Å². The largest absolute Gasteiger partial charge is 0.493 e. The number of carbonyl (C=O) groups is 1. The number of thiophene rings is 1. The fraction of sp³-hybridized carbons (Fsp3) is 0.300. The van der Waals surface area contributed by atoms with Crippen molar-refractivity contribution in [3.8, 4) is 11.5 Å². The number of fused-ring (bicyclic) bond motifs is 2. The van der Waals surface area contributed by atoms with Crippen molar-refractivity contribution in [2.45, 2.75) is 19.4 Å². The maximum Gasteiger partial charge on any atom is 0.211 e. The predicted octanol–water partition coefficient (Wildman–Crippen LogP) is 5.88. The van der Waals surface area contributed by atoms with Crippen LogP contribution in [0.25, 0.3) is 21.1 Å². The van der Waals surface area contributed by atoms with Crippen LogP contribution < -0.4 is 14.8 Å². The number of aryl methyl sites for hydroxylation is 1. The van der Waals surface area contributed by atoms with Crippen LogP contribution in [-0.2, 0) is 13.6 Å². The molecule has 0 atom stereocenters. The first-order chi connectivity index (χ1) is 18.2. The van der Waals surface area contributed by atoms with E-state index in [1.54, 1.807) is 11.3 Å². The molecular weight excluding hydrogens is 482 g/mol. The Morgan fingerprint density at radius 1 is 1.00 bits per heavy atom. The Kier molecular flexibility index (Phi) is 6.72. The van der Waals surface area contributed by atoms with Crippen LogP contribution in [-0.4, -0.2) is 41.2 Å². The van der Waals surface area contributed by atoms with E-state index >= 15 is 0 Å². The molecule has 1 aliphatic heterocycles. The molecule has 190 valence electrons. The second-order valence-corrected chi connectivity index (χ2v) is 10.6. The van der Waals surface area contributed by atoms with Gasteiger partial charge in [-0.2, -0.15) is 0 Å². The molecule has 5 aromatic rings. The number of ketones is 1. The average Bonchev–Trinajstić information content (AvgIpc) is 3.63. The van der Waals surface area contributed by atoms with Crippen LogP contribution in [0, 0.1) is 5.92 Å². The summed E-state index contributed by atoms with van der Waals surface area (Å²) in [6.07, 6.45) is 4.29. The summed E-state index contributed by atoms with van der Waals surface area (Å²) in [4.78, 5) is 13.6. The van der Waals surface area contributed by atoms with Gasteiger partial charge in [0.25, 0.3) is 0 Å². The quantitative estimate of drug-likeness (QED) is 0.250. The zero-order valence-electron chi connectivity index (χ0n) is 21.0. The Balaban J connectivity index is 1.15. The smallest absolute Gasteiger partial charge is 0.211 e. The Bertz CT molecular complexity index is 1540. The molecule has 0 amide bonds. The SMILES string of the molecule is Cn1c(C(=O)c2cn(CCOc3cccc(OCC4CCNCC4)c3)c3ccccc23)cc2sccc21.